The van der Waals surface area contributed by atoms with Crippen molar-refractivity contribution in [2.45, 2.75) is 45.3 Å². The summed E-state index contributed by atoms with van der Waals surface area (Å²) in [6.07, 6.45) is 1.75. The van der Waals surface area contributed by atoms with Crippen LogP contribution >= 0.6 is 23.0 Å². The van der Waals surface area contributed by atoms with Gasteiger partial charge in [-0.1, -0.05) is 0 Å². The Morgan fingerprint density at radius 2 is 2.00 bits per heavy atom. The van der Waals surface area contributed by atoms with Crippen molar-refractivity contribution in [2.24, 2.45) is 0 Å². The first-order valence-electron chi connectivity index (χ1n) is 6.37. The monoisotopic (exact) mass is 370 g/mol. The number of hydrogen-bond acceptors (Lipinski definition) is 4. The van der Waals surface area contributed by atoms with E-state index in [1.165, 1.54) is 0 Å². The molecule has 5 nitrogen and oxygen atoms in total. The first-order valence-corrected chi connectivity index (χ1v) is 7.25. The average Bonchev–Trinajstić information content (AvgIpc) is 2.28. The minimum absolute atomic E-state index is 0.198. The summed E-state index contributed by atoms with van der Waals surface area (Å²) in [6, 6.07) is 0.482. The number of piperidine rings is 1. The number of ether oxygens (including phenoxy) is 1. The zero-order valence-corrected chi connectivity index (χ0v) is 13.5. The molecule has 1 heterocycles. The zero-order valence-electron chi connectivity index (χ0n) is 11.4. The van der Waals surface area contributed by atoms with Crippen molar-refractivity contribution < 1.29 is 12.6 Å². The molecule has 1 N–H and O–H groups in total. The summed E-state index contributed by atoms with van der Waals surface area (Å²) in [5.74, 6) is 0. The lowest BCUT2D eigenvalue weighted by Gasteiger charge is -2.33. The van der Waals surface area contributed by atoms with E-state index in [9.17, 15) is 4.79 Å². The maximum atomic E-state index is 11.8. The van der Waals surface area contributed by atoms with Gasteiger partial charge in [0.2, 0.25) is 0 Å². The van der Waals surface area contributed by atoms with Crippen molar-refractivity contribution in [3.05, 3.63) is 0 Å². The molecule has 0 unspecified atom stereocenters. The molecule has 0 bridgehead atoms. The second kappa shape index (κ2) is 7.49. The van der Waals surface area contributed by atoms with Gasteiger partial charge < -0.3 is 18.0 Å². The Hall–Kier alpha value is -0.0800. The molecule has 0 aliphatic carbocycles. The van der Waals surface area contributed by atoms with E-state index in [1.54, 1.807) is 4.90 Å². The maximum Gasteiger partial charge on any atom is 0.410 e. The number of nitrogens with one attached hydrogen (secondary N) is 1. The molecule has 0 spiro atoms. The van der Waals surface area contributed by atoms with Crippen LogP contribution < -0.4 is 5.32 Å². The van der Waals surface area contributed by atoms with Gasteiger partial charge in [0.1, 0.15) is 28.6 Å². The van der Waals surface area contributed by atoms with Gasteiger partial charge in [0, 0.05) is 25.7 Å². The summed E-state index contributed by atoms with van der Waals surface area (Å²) >= 11 is 1.90. The minimum atomic E-state index is -0.413. The highest BCUT2D eigenvalue weighted by Gasteiger charge is 2.26. The first-order chi connectivity index (χ1) is 8.42. The van der Waals surface area contributed by atoms with Crippen LogP contribution in [0.15, 0.2) is 0 Å². The standard InChI is InChI=1S/C12H23IN2O3/c1-12(2,3)18-11(16)15-7-4-10(5-8-15)14-6-9-17-13/h10,14H,4-9H2,1-3H3. The summed E-state index contributed by atoms with van der Waals surface area (Å²) in [5, 5.41) is 3.42. The Morgan fingerprint density at radius 3 is 2.50 bits per heavy atom. The van der Waals surface area contributed by atoms with Crippen LogP contribution in [-0.4, -0.2) is 48.9 Å². The Balaban J connectivity index is 2.24. The van der Waals surface area contributed by atoms with E-state index < -0.39 is 5.60 Å². The van der Waals surface area contributed by atoms with Gasteiger partial charge in [-0.25, -0.2) is 4.79 Å². The Bertz CT molecular complexity index is 261. The fourth-order valence-corrected chi connectivity index (χ4v) is 2.11. The third-order valence-electron chi connectivity index (χ3n) is 2.76. The van der Waals surface area contributed by atoms with Crippen molar-refractivity contribution in [2.75, 3.05) is 26.2 Å². The quantitative estimate of drug-likeness (QED) is 0.610. The van der Waals surface area contributed by atoms with Crippen LogP contribution in [0, 0.1) is 0 Å². The van der Waals surface area contributed by atoms with Crippen molar-refractivity contribution in [1.82, 2.24) is 10.2 Å². The highest BCUT2D eigenvalue weighted by molar-refractivity contribution is 14.1. The molecule has 0 aromatic carbocycles. The van der Waals surface area contributed by atoms with Crippen molar-refractivity contribution in [3.63, 3.8) is 0 Å². The molecule has 1 amide bonds. The molecule has 0 radical (unpaired) electrons. The third kappa shape index (κ3) is 6.19. The number of hydrogen-bond donors (Lipinski definition) is 1. The van der Waals surface area contributed by atoms with Crippen LogP contribution in [0.25, 0.3) is 0 Å². The van der Waals surface area contributed by atoms with Crippen LogP contribution in [0.5, 0.6) is 0 Å². The molecule has 0 aromatic rings. The molecule has 106 valence electrons. The Kier molecular flexibility index (Phi) is 6.65. The summed E-state index contributed by atoms with van der Waals surface area (Å²) in [6.45, 7) is 8.78. The molecule has 1 fully saturated rings. The molecule has 1 aliphatic rings. The summed E-state index contributed by atoms with van der Waals surface area (Å²) in [7, 11) is 0. The van der Waals surface area contributed by atoms with Gasteiger partial charge >= 0.3 is 6.09 Å². The SMILES string of the molecule is CC(C)(C)OC(=O)N1CCC(NCCOI)CC1. The number of halogens is 1. The predicted molar refractivity (Wildman–Crippen MR) is 78.8 cm³/mol. The van der Waals surface area contributed by atoms with E-state index in [1.807, 2.05) is 43.8 Å². The van der Waals surface area contributed by atoms with Crippen LogP contribution in [0.1, 0.15) is 33.6 Å². The van der Waals surface area contributed by atoms with Crippen LogP contribution in [0.4, 0.5) is 4.79 Å². The fourth-order valence-electron chi connectivity index (χ4n) is 1.89. The van der Waals surface area contributed by atoms with Gasteiger partial charge in [0.05, 0.1) is 6.61 Å². The van der Waals surface area contributed by atoms with Crippen molar-refractivity contribution in [3.8, 4) is 0 Å². The summed E-state index contributed by atoms with van der Waals surface area (Å²) < 4.78 is 10.3. The van der Waals surface area contributed by atoms with Gasteiger partial charge in [0.15, 0.2) is 0 Å². The summed E-state index contributed by atoms with van der Waals surface area (Å²) in [5.41, 5.74) is -0.413. The molecular weight excluding hydrogens is 347 g/mol. The van der Waals surface area contributed by atoms with Gasteiger partial charge in [-0.05, 0) is 33.6 Å². The lowest BCUT2D eigenvalue weighted by atomic mass is 10.1. The van der Waals surface area contributed by atoms with Gasteiger partial charge in [-0.2, -0.15) is 0 Å². The number of carbonyl (C=O) groups excluding carboxylic acids is 1. The lowest BCUT2D eigenvalue weighted by Crippen LogP contribution is -2.46. The number of carbonyl (C=O) groups is 1. The number of amides is 1. The highest BCUT2D eigenvalue weighted by atomic mass is 127. The topological polar surface area (TPSA) is 50.8 Å². The Labute approximate surface area is 123 Å². The van der Waals surface area contributed by atoms with Crippen LogP contribution in [-0.2, 0) is 7.80 Å². The van der Waals surface area contributed by atoms with Crippen LogP contribution in [0.3, 0.4) is 0 Å². The number of rotatable bonds is 4. The minimum Gasteiger partial charge on any atom is -0.444 e. The van der Waals surface area contributed by atoms with E-state index in [0.717, 1.165) is 32.5 Å². The molecule has 1 rings (SSSR count). The van der Waals surface area contributed by atoms with E-state index in [-0.39, 0.29) is 6.09 Å². The molecular formula is C12H23IN2O3. The fraction of sp³-hybridized carbons (Fsp3) is 0.917. The maximum absolute atomic E-state index is 11.8. The highest BCUT2D eigenvalue weighted by Crippen LogP contribution is 2.15. The normalized spacial score (nSPS) is 17.9. The van der Waals surface area contributed by atoms with E-state index in [4.69, 9.17) is 7.80 Å². The Morgan fingerprint density at radius 1 is 1.39 bits per heavy atom. The van der Waals surface area contributed by atoms with Crippen molar-refractivity contribution in [1.29, 1.82) is 0 Å². The van der Waals surface area contributed by atoms with E-state index >= 15 is 0 Å². The molecule has 6 heteroatoms. The predicted octanol–water partition coefficient (Wildman–Crippen LogP) is 2.34. The van der Waals surface area contributed by atoms with Crippen molar-refractivity contribution >= 4 is 29.1 Å². The lowest BCUT2D eigenvalue weighted by molar-refractivity contribution is 0.0198. The third-order valence-corrected chi connectivity index (χ3v) is 3.20. The largest absolute Gasteiger partial charge is 0.444 e. The average molecular weight is 370 g/mol. The smallest absolute Gasteiger partial charge is 0.410 e. The molecule has 0 aromatic heterocycles. The molecule has 0 saturated carbocycles. The van der Waals surface area contributed by atoms with Gasteiger partial charge in [0.25, 0.3) is 0 Å². The second-order valence-corrected chi connectivity index (χ2v) is 6.13. The second-order valence-electron chi connectivity index (χ2n) is 5.51. The molecule has 1 aliphatic heterocycles. The molecule has 0 atom stereocenters. The van der Waals surface area contributed by atoms with E-state index in [0.29, 0.717) is 12.6 Å². The van der Waals surface area contributed by atoms with Gasteiger partial charge in [-0.3, -0.25) is 0 Å². The summed E-state index contributed by atoms with van der Waals surface area (Å²) in [4.78, 5) is 13.6. The van der Waals surface area contributed by atoms with E-state index in [2.05, 4.69) is 5.32 Å². The first kappa shape index (κ1) is 16.0. The molecule has 18 heavy (non-hydrogen) atoms. The molecule has 1 saturated heterocycles. The van der Waals surface area contributed by atoms with Gasteiger partial charge in [-0.15, -0.1) is 0 Å². The number of nitrogens with zero attached hydrogens (tertiary/aromatic N) is 1. The zero-order chi connectivity index (χ0) is 13.6. The van der Waals surface area contributed by atoms with Crippen LogP contribution in [0.2, 0.25) is 0 Å². The number of likely N-dealkylation sites (tertiary alicyclic amines) is 1.